The monoisotopic (exact) mass is 704 g/mol. The van der Waals surface area contributed by atoms with Gasteiger partial charge in [-0.05, 0) is 125 Å². The minimum atomic E-state index is -0.523. The molecule has 2 amide bonds. The van der Waals surface area contributed by atoms with E-state index in [0.29, 0.717) is 19.6 Å². The molecule has 1 fully saturated rings. The van der Waals surface area contributed by atoms with Gasteiger partial charge in [-0.1, -0.05) is 42.5 Å². The molecule has 2 aliphatic heterocycles. The summed E-state index contributed by atoms with van der Waals surface area (Å²) in [7, 11) is 0. The van der Waals surface area contributed by atoms with Crippen LogP contribution in [-0.2, 0) is 28.7 Å². The molecule has 274 valence electrons. The Morgan fingerprint density at radius 2 is 1.65 bits per heavy atom. The van der Waals surface area contributed by atoms with Crippen molar-refractivity contribution < 1.29 is 19.1 Å². The number of H-pyrrole nitrogens is 1. The molecule has 7 rings (SSSR count). The molecule has 1 saturated heterocycles. The van der Waals surface area contributed by atoms with E-state index in [1.54, 1.807) is 0 Å². The molecule has 3 N–H and O–H groups in total. The molecule has 1 unspecified atom stereocenters. The zero-order valence-corrected chi connectivity index (χ0v) is 31.4. The number of aryl methyl sites for hydroxylation is 3. The number of amides is 2. The quantitative estimate of drug-likeness (QED) is 0.159. The van der Waals surface area contributed by atoms with Gasteiger partial charge in [0.15, 0.2) is 0 Å². The lowest BCUT2D eigenvalue weighted by molar-refractivity contribution is 0.0264. The van der Waals surface area contributed by atoms with Crippen molar-refractivity contribution in [3.63, 3.8) is 0 Å². The first-order chi connectivity index (χ1) is 24.8. The number of amidine groups is 1. The number of imidazole rings is 1. The van der Waals surface area contributed by atoms with E-state index in [0.717, 1.165) is 62.3 Å². The van der Waals surface area contributed by atoms with Crippen LogP contribution in [0.2, 0.25) is 0 Å². The van der Waals surface area contributed by atoms with Crippen LogP contribution in [0.25, 0.3) is 33.2 Å². The van der Waals surface area contributed by atoms with Gasteiger partial charge >= 0.3 is 12.2 Å². The Kier molecular flexibility index (Phi) is 9.76. The van der Waals surface area contributed by atoms with E-state index in [1.165, 1.54) is 44.3 Å². The summed E-state index contributed by atoms with van der Waals surface area (Å²) in [6.45, 7) is 13.2. The fraction of sp³-hybridized carbons (Fsp3) is 0.476. The molecule has 4 aromatic rings. The van der Waals surface area contributed by atoms with Crippen molar-refractivity contribution >= 4 is 28.8 Å². The Bertz CT molecular complexity index is 2000. The molecule has 3 aliphatic rings. The molecular formula is C42H52N6O4. The number of aromatic amines is 1. The van der Waals surface area contributed by atoms with Gasteiger partial charge in [0.2, 0.25) is 0 Å². The summed E-state index contributed by atoms with van der Waals surface area (Å²) in [4.78, 5) is 40.0. The second-order valence-electron chi connectivity index (χ2n) is 16.3. The summed E-state index contributed by atoms with van der Waals surface area (Å²) in [5.74, 6) is 1.89. The van der Waals surface area contributed by atoms with Crippen molar-refractivity contribution in [3.05, 3.63) is 77.2 Å². The van der Waals surface area contributed by atoms with Crippen molar-refractivity contribution in [2.24, 2.45) is 4.99 Å². The minimum absolute atomic E-state index is 0.0626. The number of ether oxygens (including phenoxy) is 2. The fourth-order valence-corrected chi connectivity index (χ4v) is 7.48. The third-order valence-electron chi connectivity index (χ3n) is 9.90. The maximum absolute atomic E-state index is 12.9. The number of nitrogens with one attached hydrogen (secondary N) is 3. The predicted molar refractivity (Wildman–Crippen MR) is 206 cm³/mol. The van der Waals surface area contributed by atoms with E-state index < -0.39 is 11.2 Å². The zero-order chi connectivity index (χ0) is 36.6. The van der Waals surface area contributed by atoms with Crippen LogP contribution in [0.4, 0.5) is 9.59 Å². The lowest BCUT2D eigenvalue weighted by Gasteiger charge is -2.29. The maximum Gasteiger partial charge on any atom is 0.410 e. The lowest BCUT2D eigenvalue weighted by atomic mass is 9.89. The van der Waals surface area contributed by atoms with E-state index in [1.807, 2.05) is 46.4 Å². The molecule has 3 aromatic carbocycles. The average Bonchev–Trinajstić information content (AvgIpc) is 3.86. The molecule has 0 radical (unpaired) electrons. The molecule has 10 heteroatoms. The van der Waals surface area contributed by atoms with Gasteiger partial charge in [-0.3, -0.25) is 9.89 Å². The smallest absolute Gasteiger partial charge is 0.410 e. The number of hydrogen-bond acceptors (Lipinski definition) is 7. The van der Waals surface area contributed by atoms with Crippen molar-refractivity contribution in [1.82, 2.24) is 25.5 Å². The van der Waals surface area contributed by atoms with Crippen LogP contribution in [0.1, 0.15) is 95.9 Å². The molecule has 1 aromatic heterocycles. The van der Waals surface area contributed by atoms with E-state index in [-0.39, 0.29) is 24.3 Å². The summed E-state index contributed by atoms with van der Waals surface area (Å²) in [5.41, 5.74) is 7.41. The topological polar surface area (TPSA) is 121 Å². The summed E-state index contributed by atoms with van der Waals surface area (Å²) < 4.78 is 11.0. The van der Waals surface area contributed by atoms with Gasteiger partial charge in [-0.15, -0.1) is 0 Å². The van der Waals surface area contributed by atoms with Gasteiger partial charge in [0.25, 0.3) is 0 Å². The Labute approximate surface area is 306 Å². The number of carbonyl (C=O) groups is 2. The first-order valence-corrected chi connectivity index (χ1v) is 18.8. The normalized spacial score (nSPS) is 18.4. The second kappa shape index (κ2) is 14.3. The SMILES string of the molecule is CC(C)(C)OC(=O)NCCCCc1nc2c([nH]1)CCc1cc(-c3ccc4cc(C5CN=C([C@@H]6CCCN6C(=O)OC(C)(C)C)N5)ccc4c3)ccc1-2. The van der Waals surface area contributed by atoms with Crippen LogP contribution < -0.4 is 10.6 Å². The van der Waals surface area contributed by atoms with Crippen molar-refractivity contribution in [2.45, 2.75) is 110 Å². The van der Waals surface area contributed by atoms with Crippen LogP contribution in [0.5, 0.6) is 0 Å². The Hall–Kier alpha value is -4.86. The number of rotatable bonds is 8. The molecule has 0 spiro atoms. The maximum atomic E-state index is 12.9. The van der Waals surface area contributed by atoms with E-state index in [9.17, 15) is 9.59 Å². The third-order valence-corrected chi connectivity index (χ3v) is 9.90. The molecule has 2 atom stereocenters. The first kappa shape index (κ1) is 35.5. The Morgan fingerprint density at radius 3 is 2.46 bits per heavy atom. The van der Waals surface area contributed by atoms with Crippen LogP contribution >= 0.6 is 0 Å². The molecule has 10 nitrogen and oxygen atoms in total. The third kappa shape index (κ3) is 8.11. The zero-order valence-electron chi connectivity index (χ0n) is 31.4. The lowest BCUT2D eigenvalue weighted by Crippen LogP contribution is -2.46. The largest absolute Gasteiger partial charge is 0.444 e. The minimum Gasteiger partial charge on any atom is -0.444 e. The number of likely N-dealkylation sites (tertiary alicyclic amines) is 1. The van der Waals surface area contributed by atoms with Gasteiger partial charge in [-0.2, -0.15) is 0 Å². The van der Waals surface area contributed by atoms with Crippen LogP contribution in [0.3, 0.4) is 0 Å². The molecule has 0 bridgehead atoms. The van der Waals surface area contributed by atoms with E-state index in [2.05, 4.69) is 70.2 Å². The summed E-state index contributed by atoms with van der Waals surface area (Å²) in [5, 5.41) is 8.87. The number of unbranched alkanes of at least 4 members (excludes halogenated alkanes) is 1. The predicted octanol–water partition coefficient (Wildman–Crippen LogP) is 8.29. The van der Waals surface area contributed by atoms with Gasteiger partial charge in [0.1, 0.15) is 22.9 Å². The van der Waals surface area contributed by atoms with Gasteiger partial charge in [0.05, 0.1) is 24.3 Å². The highest BCUT2D eigenvalue weighted by Gasteiger charge is 2.37. The number of fused-ring (bicyclic) bond motifs is 4. The number of alkyl carbamates (subject to hydrolysis) is 1. The highest BCUT2D eigenvalue weighted by Crippen LogP contribution is 2.36. The van der Waals surface area contributed by atoms with Crippen LogP contribution in [0.15, 0.2) is 59.6 Å². The Balaban J connectivity index is 0.970. The molecule has 3 heterocycles. The number of benzene rings is 3. The van der Waals surface area contributed by atoms with Crippen LogP contribution in [-0.4, -0.2) is 69.8 Å². The Morgan fingerprint density at radius 1 is 0.904 bits per heavy atom. The van der Waals surface area contributed by atoms with Crippen molar-refractivity contribution in [1.29, 1.82) is 0 Å². The van der Waals surface area contributed by atoms with Gasteiger partial charge < -0.3 is 25.1 Å². The van der Waals surface area contributed by atoms with E-state index >= 15 is 0 Å². The van der Waals surface area contributed by atoms with Crippen LogP contribution in [0, 0.1) is 0 Å². The number of carbonyl (C=O) groups excluding carboxylic acids is 2. The molecule has 0 saturated carbocycles. The van der Waals surface area contributed by atoms with Gasteiger partial charge in [0, 0.05) is 30.8 Å². The van der Waals surface area contributed by atoms with Crippen molar-refractivity contribution in [3.8, 4) is 22.4 Å². The first-order valence-electron chi connectivity index (χ1n) is 18.8. The standard InChI is InChI=1S/C42H52N6O4/c1-41(2,3)51-39(49)43-20-8-7-11-36-45-33-19-17-30-23-29(16-18-32(30)37(33)47-36)26-12-13-28-24-31(15-14-27(28)22-26)34-25-44-38(46-34)35-10-9-21-48(35)40(50)52-42(4,5)6/h12-16,18,22-24,34-35H,7-11,17,19-21,25H2,1-6H3,(H,43,49)(H,44,46)(H,45,47)/t34?,35-/m0/s1. The summed E-state index contributed by atoms with van der Waals surface area (Å²) in [6.07, 6.45) is 5.76. The van der Waals surface area contributed by atoms with Gasteiger partial charge in [-0.25, -0.2) is 14.6 Å². The second-order valence-corrected chi connectivity index (χ2v) is 16.3. The molecular weight excluding hydrogens is 652 g/mol. The average molecular weight is 705 g/mol. The highest BCUT2D eigenvalue weighted by molar-refractivity contribution is 5.93. The summed E-state index contributed by atoms with van der Waals surface area (Å²) in [6, 6.07) is 20.2. The molecule has 52 heavy (non-hydrogen) atoms. The number of nitrogens with zero attached hydrogens (tertiary/aromatic N) is 3. The fourth-order valence-electron chi connectivity index (χ4n) is 7.48. The number of hydrogen-bond donors (Lipinski definition) is 3. The van der Waals surface area contributed by atoms with E-state index in [4.69, 9.17) is 19.5 Å². The summed E-state index contributed by atoms with van der Waals surface area (Å²) >= 11 is 0. The molecule has 1 aliphatic carbocycles. The van der Waals surface area contributed by atoms with Crippen molar-refractivity contribution in [2.75, 3.05) is 19.6 Å². The highest BCUT2D eigenvalue weighted by atomic mass is 16.6. The number of aliphatic imine (C=N–C) groups is 1. The number of aromatic nitrogens is 2.